The van der Waals surface area contributed by atoms with Gasteiger partial charge < -0.3 is 4.57 Å². The lowest BCUT2D eigenvalue weighted by Crippen LogP contribution is -2.16. The van der Waals surface area contributed by atoms with Crippen LogP contribution in [0.25, 0.3) is 10.2 Å². The molecule has 0 N–H and O–H groups in total. The lowest BCUT2D eigenvalue weighted by atomic mass is 10.0. The summed E-state index contributed by atoms with van der Waals surface area (Å²) < 4.78 is 3.22. The summed E-state index contributed by atoms with van der Waals surface area (Å²) in [4.78, 5) is 17.7. The molecule has 3 aromatic rings. The lowest BCUT2D eigenvalue weighted by molar-refractivity contribution is -0.117. The Hall–Kier alpha value is -2.46. The van der Waals surface area contributed by atoms with Gasteiger partial charge in [-0.05, 0) is 41.2 Å². The first-order valence-corrected chi connectivity index (χ1v) is 10.2. The third-order valence-electron chi connectivity index (χ3n) is 4.69. The molecule has 0 aliphatic rings. The maximum absolute atomic E-state index is 12.6. The van der Waals surface area contributed by atoms with Crippen molar-refractivity contribution in [1.82, 2.24) is 4.57 Å². The van der Waals surface area contributed by atoms with Crippen molar-refractivity contribution in [3.63, 3.8) is 0 Å². The van der Waals surface area contributed by atoms with Crippen molar-refractivity contribution in [3.8, 4) is 0 Å². The van der Waals surface area contributed by atoms with E-state index in [9.17, 15) is 4.79 Å². The van der Waals surface area contributed by atoms with E-state index in [0.717, 1.165) is 27.0 Å². The molecule has 0 unspecified atom stereocenters. The predicted octanol–water partition coefficient (Wildman–Crippen LogP) is 5.24. The zero-order chi connectivity index (χ0) is 19.4. The summed E-state index contributed by atoms with van der Waals surface area (Å²) in [5.74, 6) is 0.372. The smallest absolute Gasteiger partial charge is 0.252 e. The fraction of sp³-hybridized carbons (Fsp3) is 0.304. The third-order valence-corrected chi connectivity index (χ3v) is 5.73. The minimum Gasteiger partial charge on any atom is -0.313 e. The number of thiazole rings is 1. The van der Waals surface area contributed by atoms with Gasteiger partial charge in [0.1, 0.15) is 0 Å². The number of allylic oxidation sites excluding steroid dienone is 1. The average molecular weight is 379 g/mol. The molecule has 1 amide bonds. The summed E-state index contributed by atoms with van der Waals surface area (Å²) >= 11 is 1.57. The molecule has 0 saturated heterocycles. The zero-order valence-corrected chi connectivity index (χ0v) is 17.1. The summed E-state index contributed by atoms with van der Waals surface area (Å²) in [7, 11) is 0. The average Bonchev–Trinajstić information content (AvgIpc) is 2.98. The first kappa shape index (κ1) is 19.3. The molecule has 0 saturated carbocycles. The van der Waals surface area contributed by atoms with E-state index in [0.29, 0.717) is 18.9 Å². The summed E-state index contributed by atoms with van der Waals surface area (Å²) in [6.45, 7) is 11.0. The Morgan fingerprint density at radius 1 is 1.19 bits per heavy atom. The number of carbonyl (C=O) groups is 1. The largest absolute Gasteiger partial charge is 0.313 e. The fourth-order valence-electron chi connectivity index (χ4n) is 3.07. The summed E-state index contributed by atoms with van der Waals surface area (Å²) in [5.41, 5.74) is 4.67. The van der Waals surface area contributed by atoms with Gasteiger partial charge in [-0.1, -0.05) is 68.5 Å². The minimum absolute atomic E-state index is 0.118. The number of hydrogen-bond donors (Lipinski definition) is 0. The van der Waals surface area contributed by atoms with Crippen LogP contribution in [-0.4, -0.2) is 10.5 Å². The summed E-state index contributed by atoms with van der Waals surface area (Å²) in [6.07, 6.45) is 3.15. The molecule has 0 bridgehead atoms. The molecule has 0 atom stereocenters. The van der Waals surface area contributed by atoms with E-state index in [1.165, 1.54) is 11.1 Å². The quantitative estimate of drug-likeness (QED) is 0.540. The summed E-state index contributed by atoms with van der Waals surface area (Å²) in [5, 5.41) is 0. The van der Waals surface area contributed by atoms with E-state index in [-0.39, 0.29) is 5.91 Å². The number of nitrogens with zero attached hydrogens (tertiary/aromatic N) is 2. The predicted molar refractivity (Wildman–Crippen MR) is 114 cm³/mol. The van der Waals surface area contributed by atoms with Crippen LogP contribution in [0.2, 0.25) is 0 Å². The van der Waals surface area contributed by atoms with Gasteiger partial charge in [0.05, 0.1) is 16.6 Å². The Bertz CT molecular complexity index is 1020. The van der Waals surface area contributed by atoms with Crippen LogP contribution in [0.4, 0.5) is 0 Å². The van der Waals surface area contributed by atoms with Crippen molar-refractivity contribution >= 4 is 27.5 Å². The Morgan fingerprint density at radius 2 is 1.89 bits per heavy atom. The van der Waals surface area contributed by atoms with Gasteiger partial charge in [0.2, 0.25) is 0 Å². The van der Waals surface area contributed by atoms with Gasteiger partial charge in [-0.15, -0.1) is 6.58 Å². The molecule has 0 fully saturated rings. The molecular weight excluding hydrogens is 352 g/mol. The second-order valence-corrected chi connectivity index (χ2v) is 8.03. The van der Waals surface area contributed by atoms with Crippen LogP contribution in [0, 0.1) is 0 Å². The molecule has 2 aromatic carbocycles. The highest BCUT2D eigenvalue weighted by Gasteiger charge is 2.09. The molecule has 1 aromatic heterocycles. The van der Waals surface area contributed by atoms with Crippen LogP contribution in [0.5, 0.6) is 0 Å². The van der Waals surface area contributed by atoms with Gasteiger partial charge in [-0.3, -0.25) is 4.79 Å². The van der Waals surface area contributed by atoms with Gasteiger partial charge in [-0.25, -0.2) is 0 Å². The molecular formula is C23H26N2OS. The van der Waals surface area contributed by atoms with Crippen molar-refractivity contribution in [1.29, 1.82) is 0 Å². The number of rotatable bonds is 6. The van der Waals surface area contributed by atoms with Crippen molar-refractivity contribution in [2.45, 2.75) is 46.1 Å². The lowest BCUT2D eigenvalue weighted by Gasteiger charge is -2.05. The maximum atomic E-state index is 12.6. The maximum Gasteiger partial charge on any atom is 0.252 e. The van der Waals surface area contributed by atoms with Gasteiger partial charge in [0.25, 0.3) is 5.91 Å². The SMILES string of the molecule is C=CCn1c(=NC(=O)Cc2ccc(C(C)C)cc2)sc2cc(CC)ccc21. The fourth-order valence-corrected chi connectivity index (χ4v) is 4.19. The van der Waals surface area contributed by atoms with E-state index in [1.54, 1.807) is 11.3 Å². The van der Waals surface area contributed by atoms with E-state index < -0.39 is 0 Å². The van der Waals surface area contributed by atoms with Gasteiger partial charge >= 0.3 is 0 Å². The number of amides is 1. The number of fused-ring (bicyclic) bond motifs is 1. The van der Waals surface area contributed by atoms with E-state index in [1.807, 2.05) is 18.2 Å². The van der Waals surface area contributed by atoms with Crippen molar-refractivity contribution < 1.29 is 4.79 Å². The van der Waals surface area contributed by atoms with E-state index in [4.69, 9.17) is 0 Å². The molecule has 140 valence electrons. The molecule has 3 nitrogen and oxygen atoms in total. The Morgan fingerprint density at radius 3 is 2.52 bits per heavy atom. The third kappa shape index (κ3) is 4.45. The summed E-state index contributed by atoms with van der Waals surface area (Å²) in [6, 6.07) is 14.7. The monoisotopic (exact) mass is 378 g/mol. The van der Waals surface area contributed by atoms with Crippen LogP contribution in [-0.2, 0) is 24.2 Å². The molecule has 0 spiro atoms. The first-order valence-electron chi connectivity index (χ1n) is 9.41. The highest BCUT2D eigenvalue weighted by Crippen LogP contribution is 2.20. The second kappa shape index (κ2) is 8.49. The molecule has 3 rings (SSSR count). The van der Waals surface area contributed by atoms with Gasteiger partial charge in [0.15, 0.2) is 4.80 Å². The number of benzene rings is 2. The Labute approximate surface area is 164 Å². The number of aromatic nitrogens is 1. The van der Waals surface area contributed by atoms with Gasteiger partial charge in [-0.2, -0.15) is 4.99 Å². The molecule has 0 aliphatic carbocycles. The van der Waals surface area contributed by atoms with Crippen LogP contribution < -0.4 is 4.80 Å². The Kier molecular flexibility index (Phi) is 6.07. The van der Waals surface area contributed by atoms with Crippen LogP contribution in [0.15, 0.2) is 60.1 Å². The second-order valence-electron chi connectivity index (χ2n) is 7.02. The van der Waals surface area contributed by atoms with Crippen LogP contribution >= 0.6 is 11.3 Å². The zero-order valence-electron chi connectivity index (χ0n) is 16.2. The van der Waals surface area contributed by atoms with E-state index >= 15 is 0 Å². The topological polar surface area (TPSA) is 34.4 Å². The van der Waals surface area contributed by atoms with Gasteiger partial charge in [0, 0.05) is 6.54 Å². The molecule has 1 heterocycles. The Balaban J connectivity index is 1.92. The number of carbonyl (C=O) groups excluding carboxylic acids is 1. The highest BCUT2D eigenvalue weighted by molar-refractivity contribution is 7.16. The minimum atomic E-state index is -0.118. The number of aryl methyl sites for hydroxylation is 1. The van der Waals surface area contributed by atoms with Crippen molar-refractivity contribution in [2.75, 3.05) is 0 Å². The molecule has 0 radical (unpaired) electrons. The van der Waals surface area contributed by atoms with Crippen LogP contribution in [0.1, 0.15) is 43.4 Å². The van der Waals surface area contributed by atoms with Crippen molar-refractivity contribution in [2.24, 2.45) is 4.99 Å². The van der Waals surface area contributed by atoms with Crippen molar-refractivity contribution in [3.05, 3.63) is 76.6 Å². The first-order chi connectivity index (χ1) is 13.0. The highest BCUT2D eigenvalue weighted by atomic mass is 32.1. The molecule has 27 heavy (non-hydrogen) atoms. The molecule has 0 aliphatic heterocycles. The normalized spacial score (nSPS) is 12.1. The standard InChI is InChI=1S/C23H26N2OS/c1-5-13-25-20-12-9-17(6-2)14-21(20)27-23(25)24-22(26)15-18-7-10-19(11-8-18)16(3)4/h5,7-12,14,16H,1,6,13,15H2,2-4H3. The number of hydrogen-bond acceptors (Lipinski definition) is 2. The molecule has 4 heteroatoms. The van der Waals surface area contributed by atoms with E-state index in [2.05, 4.69) is 67.2 Å². The van der Waals surface area contributed by atoms with Crippen LogP contribution in [0.3, 0.4) is 0 Å².